The monoisotopic (exact) mass is 601 g/mol. The molecule has 4 aromatic heterocycles. The van der Waals surface area contributed by atoms with Gasteiger partial charge in [-0.15, -0.1) is 5.10 Å². The Morgan fingerprint density at radius 3 is 2.34 bits per heavy atom. The Kier molecular flexibility index (Phi) is 7.26. The SMILES string of the molecule is COc1ccc2ncc(-c3ccc(Oc4ncc(NC(=O)Nc5cc(C(F)(F)F)ccc5-c5ccnn5C)cn4)cc3)n2n1. The van der Waals surface area contributed by atoms with Crippen molar-refractivity contribution in [2.75, 3.05) is 17.7 Å². The van der Waals surface area contributed by atoms with Crippen LogP contribution in [0, 0.1) is 0 Å². The van der Waals surface area contributed by atoms with Crippen molar-refractivity contribution in [3.05, 3.63) is 91.0 Å². The number of urea groups is 1. The van der Waals surface area contributed by atoms with Crippen molar-refractivity contribution in [2.24, 2.45) is 7.05 Å². The molecule has 2 aromatic carbocycles. The van der Waals surface area contributed by atoms with Crippen LogP contribution >= 0.6 is 0 Å². The Morgan fingerprint density at radius 2 is 1.66 bits per heavy atom. The molecule has 4 heterocycles. The summed E-state index contributed by atoms with van der Waals surface area (Å²) in [7, 11) is 3.18. The summed E-state index contributed by atoms with van der Waals surface area (Å²) in [6.07, 6.45) is 1.23. The zero-order valence-electron chi connectivity index (χ0n) is 23.1. The maximum atomic E-state index is 13.4. The number of rotatable bonds is 7. The highest BCUT2D eigenvalue weighted by molar-refractivity contribution is 6.02. The number of methoxy groups -OCH3 is 1. The maximum Gasteiger partial charge on any atom is 0.416 e. The minimum Gasteiger partial charge on any atom is -0.480 e. The second-order valence-electron chi connectivity index (χ2n) is 9.35. The average Bonchev–Trinajstić information content (AvgIpc) is 3.63. The Labute approximate surface area is 247 Å². The van der Waals surface area contributed by atoms with Gasteiger partial charge in [0.15, 0.2) is 5.65 Å². The Hall–Kier alpha value is -5.99. The first kappa shape index (κ1) is 28.1. The topological polar surface area (TPSA) is 133 Å². The van der Waals surface area contributed by atoms with Crippen molar-refractivity contribution in [2.45, 2.75) is 6.18 Å². The van der Waals surface area contributed by atoms with Crippen molar-refractivity contribution < 1.29 is 27.4 Å². The molecule has 0 bridgehead atoms. The molecule has 0 radical (unpaired) electrons. The number of ether oxygens (including phenoxy) is 2. The van der Waals surface area contributed by atoms with Gasteiger partial charge in [0.2, 0.25) is 5.88 Å². The summed E-state index contributed by atoms with van der Waals surface area (Å²) < 4.78 is 54.2. The third-order valence-corrected chi connectivity index (χ3v) is 6.48. The van der Waals surface area contributed by atoms with E-state index >= 15 is 0 Å². The van der Waals surface area contributed by atoms with E-state index in [2.05, 4.69) is 35.8 Å². The van der Waals surface area contributed by atoms with Crippen LogP contribution in [0.3, 0.4) is 0 Å². The van der Waals surface area contributed by atoms with Crippen molar-refractivity contribution >= 4 is 23.1 Å². The Bertz CT molecular complexity index is 1950. The lowest BCUT2D eigenvalue weighted by atomic mass is 10.1. The van der Waals surface area contributed by atoms with Crippen LogP contribution in [-0.2, 0) is 13.2 Å². The first-order valence-electron chi connectivity index (χ1n) is 12.9. The first-order chi connectivity index (χ1) is 21.2. The number of hydrogen-bond donors (Lipinski definition) is 2. The fourth-order valence-electron chi connectivity index (χ4n) is 4.36. The van der Waals surface area contributed by atoms with Gasteiger partial charge in [-0.05, 0) is 48.5 Å². The van der Waals surface area contributed by atoms with Crippen LogP contribution in [0.4, 0.5) is 29.3 Å². The molecule has 2 N–H and O–H groups in total. The number of carbonyl (C=O) groups excluding carboxylic acids is 1. The van der Waals surface area contributed by atoms with E-state index in [1.807, 2.05) is 12.1 Å². The number of alkyl halides is 3. The predicted octanol–water partition coefficient (Wildman–Crippen LogP) is 6.05. The quantitative estimate of drug-likeness (QED) is 0.226. The van der Waals surface area contributed by atoms with Gasteiger partial charge in [-0.1, -0.05) is 6.07 Å². The van der Waals surface area contributed by atoms with Gasteiger partial charge in [0, 0.05) is 30.4 Å². The van der Waals surface area contributed by atoms with Gasteiger partial charge in [0.1, 0.15) is 5.75 Å². The molecule has 2 amide bonds. The van der Waals surface area contributed by atoms with Gasteiger partial charge in [0.05, 0.1) is 54.0 Å². The molecular weight excluding hydrogens is 579 g/mol. The molecule has 0 aliphatic carbocycles. The summed E-state index contributed by atoms with van der Waals surface area (Å²) in [5, 5.41) is 13.4. The number of anilines is 2. The largest absolute Gasteiger partial charge is 0.480 e. The highest BCUT2D eigenvalue weighted by Crippen LogP contribution is 2.36. The number of carbonyl (C=O) groups is 1. The fraction of sp³-hybridized carbons (Fsp3) is 0.103. The number of benzene rings is 2. The number of aryl methyl sites for hydroxylation is 1. The van der Waals surface area contributed by atoms with Crippen molar-refractivity contribution in [3.8, 4) is 40.2 Å². The zero-order chi connectivity index (χ0) is 30.8. The molecule has 222 valence electrons. The molecule has 0 spiro atoms. The molecule has 15 heteroatoms. The molecule has 6 rings (SSSR count). The Balaban J connectivity index is 1.13. The summed E-state index contributed by atoms with van der Waals surface area (Å²) >= 11 is 0. The molecule has 44 heavy (non-hydrogen) atoms. The van der Waals surface area contributed by atoms with E-state index < -0.39 is 17.8 Å². The number of nitrogens with zero attached hydrogens (tertiary/aromatic N) is 7. The first-order valence-corrected chi connectivity index (χ1v) is 12.9. The summed E-state index contributed by atoms with van der Waals surface area (Å²) in [4.78, 5) is 25.3. The van der Waals surface area contributed by atoms with Gasteiger partial charge in [-0.3, -0.25) is 4.68 Å². The van der Waals surface area contributed by atoms with Crippen LogP contribution < -0.4 is 20.1 Å². The lowest BCUT2D eigenvalue weighted by Gasteiger charge is -2.15. The molecule has 0 atom stereocenters. The second kappa shape index (κ2) is 11.4. The lowest BCUT2D eigenvalue weighted by molar-refractivity contribution is -0.137. The van der Waals surface area contributed by atoms with Crippen LogP contribution in [-0.4, -0.2) is 47.5 Å². The zero-order valence-corrected chi connectivity index (χ0v) is 23.1. The third kappa shape index (κ3) is 5.83. The number of hydrogen-bond acceptors (Lipinski definition) is 8. The number of amides is 2. The molecule has 0 unspecified atom stereocenters. The smallest absolute Gasteiger partial charge is 0.416 e. The van der Waals surface area contributed by atoms with Crippen molar-refractivity contribution in [1.82, 2.24) is 34.3 Å². The van der Waals surface area contributed by atoms with E-state index in [4.69, 9.17) is 9.47 Å². The lowest BCUT2D eigenvalue weighted by Crippen LogP contribution is -2.21. The number of nitrogens with one attached hydrogen (secondary N) is 2. The molecule has 0 saturated heterocycles. The minimum absolute atomic E-state index is 0.0151. The highest BCUT2D eigenvalue weighted by atomic mass is 19.4. The van der Waals surface area contributed by atoms with E-state index in [9.17, 15) is 18.0 Å². The number of fused-ring (bicyclic) bond motifs is 1. The summed E-state index contributed by atoms with van der Waals surface area (Å²) in [5.41, 5.74) is 2.36. The van der Waals surface area contributed by atoms with Crippen LogP contribution in [0.1, 0.15) is 5.56 Å². The molecule has 6 aromatic rings. The van der Waals surface area contributed by atoms with Crippen LogP contribution in [0.15, 0.2) is 85.5 Å². The van der Waals surface area contributed by atoms with E-state index in [0.29, 0.717) is 28.5 Å². The Morgan fingerprint density at radius 1 is 0.886 bits per heavy atom. The standard InChI is InChI=1S/C29H22F3N9O3/c1-40-23(11-12-36-40)21-8-5-18(29(30,31)32)13-22(21)38-27(42)37-19-14-34-28(35-15-19)44-20-6-3-17(4-7-20)24-16-33-25-9-10-26(43-2)39-41(24)25/h3-16H,1-2H3,(H2,37,38,42). The second-order valence-corrected chi connectivity index (χ2v) is 9.35. The van der Waals surface area contributed by atoms with Crippen molar-refractivity contribution in [3.63, 3.8) is 0 Å². The predicted molar refractivity (Wildman–Crippen MR) is 153 cm³/mol. The summed E-state index contributed by atoms with van der Waals surface area (Å²) in [6, 6.07) is 14.6. The van der Waals surface area contributed by atoms with E-state index in [1.165, 1.54) is 36.4 Å². The molecule has 0 aliphatic heterocycles. The normalized spacial score (nSPS) is 11.4. The number of imidazole rings is 1. The van der Waals surface area contributed by atoms with Crippen molar-refractivity contribution in [1.29, 1.82) is 0 Å². The van der Waals surface area contributed by atoms with Crippen LogP contribution in [0.5, 0.6) is 17.6 Å². The highest BCUT2D eigenvalue weighted by Gasteiger charge is 2.31. The maximum absolute atomic E-state index is 13.4. The van der Waals surface area contributed by atoms with Gasteiger partial charge < -0.3 is 20.1 Å². The molecular formula is C29H22F3N9O3. The molecule has 0 fully saturated rings. The van der Waals surface area contributed by atoms with E-state index in [1.54, 1.807) is 48.1 Å². The van der Waals surface area contributed by atoms with Crippen LogP contribution in [0.2, 0.25) is 0 Å². The van der Waals surface area contributed by atoms with Crippen LogP contribution in [0.25, 0.3) is 28.2 Å². The molecule has 12 nitrogen and oxygen atoms in total. The van der Waals surface area contributed by atoms with Gasteiger partial charge >= 0.3 is 18.2 Å². The van der Waals surface area contributed by atoms with Gasteiger partial charge in [0.25, 0.3) is 0 Å². The minimum atomic E-state index is -4.60. The number of halogens is 3. The van der Waals surface area contributed by atoms with E-state index in [-0.39, 0.29) is 17.4 Å². The van der Waals surface area contributed by atoms with Gasteiger partial charge in [-0.25, -0.2) is 24.3 Å². The summed E-state index contributed by atoms with van der Waals surface area (Å²) in [6.45, 7) is 0. The molecule has 0 aliphatic rings. The number of aromatic nitrogens is 7. The summed E-state index contributed by atoms with van der Waals surface area (Å²) in [5.74, 6) is 0.910. The van der Waals surface area contributed by atoms with E-state index in [0.717, 1.165) is 23.4 Å². The average molecular weight is 602 g/mol. The third-order valence-electron chi connectivity index (χ3n) is 6.48. The molecule has 0 saturated carbocycles. The fourth-order valence-corrected chi connectivity index (χ4v) is 4.36. The van der Waals surface area contributed by atoms with Gasteiger partial charge in [-0.2, -0.15) is 18.3 Å².